The van der Waals surface area contributed by atoms with Gasteiger partial charge in [-0.3, -0.25) is 4.79 Å². The summed E-state index contributed by atoms with van der Waals surface area (Å²) >= 11 is 0. The van der Waals surface area contributed by atoms with E-state index in [2.05, 4.69) is 9.97 Å². The Hall–Kier alpha value is -2.23. The summed E-state index contributed by atoms with van der Waals surface area (Å²) in [5.74, 6) is 1.41. The lowest BCUT2D eigenvalue weighted by atomic mass is 10.1. The molecule has 0 aliphatic heterocycles. The van der Waals surface area contributed by atoms with E-state index in [4.69, 9.17) is 4.74 Å². The number of hydrogen-bond acceptors (Lipinski definition) is 4. The highest BCUT2D eigenvalue weighted by Crippen LogP contribution is 2.22. The van der Waals surface area contributed by atoms with Crippen LogP contribution in [0.15, 0.2) is 30.5 Å². The van der Waals surface area contributed by atoms with Gasteiger partial charge in [0.1, 0.15) is 11.6 Å². The largest absolute Gasteiger partial charge is 0.497 e. The monoisotopic (exact) mass is 228 g/mol. The molecule has 2 aromatic rings. The summed E-state index contributed by atoms with van der Waals surface area (Å²) in [6.45, 7) is 1.79. The zero-order valence-corrected chi connectivity index (χ0v) is 9.68. The second-order valence-electron chi connectivity index (χ2n) is 3.57. The standard InChI is InChI=1S/C13H12N2O2/c1-9-14-7-11(8-16)13(15-9)10-3-5-12(17-2)6-4-10/h3-8H,1-2H3. The zero-order chi connectivity index (χ0) is 12.3. The number of benzene rings is 1. The van der Waals surface area contributed by atoms with E-state index < -0.39 is 0 Å². The fourth-order valence-electron chi connectivity index (χ4n) is 1.55. The van der Waals surface area contributed by atoms with Crippen LogP contribution in [-0.4, -0.2) is 23.4 Å². The molecule has 1 heterocycles. The van der Waals surface area contributed by atoms with Crippen LogP contribution >= 0.6 is 0 Å². The number of carbonyl (C=O) groups excluding carboxylic acids is 1. The van der Waals surface area contributed by atoms with Crippen LogP contribution in [0, 0.1) is 6.92 Å². The van der Waals surface area contributed by atoms with Crippen LogP contribution in [0.3, 0.4) is 0 Å². The predicted molar refractivity (Wildman–Crippen MR) is 64.1 cm³/mol. The van der Waals surface area contributed by atoms with Crippen molar-refractivity contribution in [3.05, 3.63) is 41.9 Å². The van der Waals surface area contributed by atoms with Crippen molar-refractivity contribution >= 4 is 6.29 Å². The lowest BCUT2D eigenvalue weighted by molar-refractivity contribution is 0.112. The maximum atomic E-state index is 10.9. The van der Waals surface area contributed by atoms with Crippen LogP contribution in [0.5, 0.6) is 5.75 Å². The molecule has 4 nitrogen and oxygen atoms in total. The molecule has 86 valence electrons. The molecule has 0 atom stereocenters. The van der Waals surface area contributed by atoms with E-state index in [0.717, 1.165) is 17.6 Å². The third-order valence-corrected chi connectivity index (χ3v) is 2.43. The number of rotatable bonds is 3. The van der Waals surface area contributed by atoms with Gasteiger partial charge < -0.3 is 4.74 Å². The molecule has 0 amide bonds. The molecule has 0 unspecified atom stereocenters. The first-order chi connectivity index (χ1) is 8.24. The van der Waals surface area contributed by atoms with Crippen molar-refractivity contribution in [1.82, 2.24) is 9.97 Å². The Bertz CT molecular complexity index is 536. The third-order valence-electron chi connectivity index (χ3n) is 2.43. The van der Waals surface area contributed by atoms with Gasteiger partial charge in [-0.25, -0.2) is 9.97 Å². The minimum Gasteiger partial charge on any atom is -0.497 e. The predicted octanol–water partition coefficient (Wildman–Crippen LogP) is 2.27. The first-order valence-electron chi connectivity index (χ1n) is 5.18. The SMILES string of the molecule is COc1ccc(-c2nc(C)ncc2C=O)cc1. The van der Waals surface area contributed by atoms with Gasteiger partial charge in [-0.05, 0) is 31.2 Å². The number of aryl methyl sites for hydroxylation is 1. The molecule has 0 N–H and O–H groups in total. The summed E-state index contributed by atoms with van der Waals surface area (Å²) in [7, 11) is 1.61. The van der Waals surface area contributed by atoms with Gasteiger partial charge in [-0.15, -0.1) is 0 Å². The lowest BCUT2D eigenvalue weighted by Crippen LogP contribution is -1.97. The van der Waals surface area contributed by atoms with Crippen molar-refractivity contribution in [1.29, 1.82) is 0 Å². The van der Waals surface area contributed by atoms with Crippen molar-refractivity contribution < 1.29 is 9.53 Å². The Morgan fingerprint density at radius 1 is 1.24 bits per heavy atom. The van der Waals surface area contributed by atoms with Crippen LogP contribution in [-0.2, 0) is 0 Å². The van der Waals surface area contributed by atoms with E-state index >= 15 is 0 Å². The Morgan fingerprint density at radius 3 is 2.53 bits per heavy atom. The van der Waals surface area contributed by atoms with Crippen molar-refractivity contribution in [2.75, 3.05) is 7.11 Å². The summed E-state index contributed by atoms with van der Waals surface area (Å²) in [5, 5.41) is 0. The quantitative estimate of drug-likeness (QED) is 0.756. The van der Waals surface area contributed by atoms with Gasteiger partial charge in [0.25, 0.3) is 0 Å². The zero-order valence-electron chi connectivity index (χ0n) is 9.68. The molecule has 2 rings (SSSR count). The highest BCUT2D eigenvalue weighted by atomic mass is 16.5. The van der Waals surface area contributed by atoms with E-state index in [0.29, 0.717) is 17.1 Å². The topological polar surface area (TPSA) is 52.1 Å². The molecule has 0 saturated carbocycles. The first-order valence-corrected chi connectivity index (χ1v) is 5.18. The molecule has 0 aliphatic carbocycles. The van der Waals surface area contributed by atoms with Crippen LogP contribution < -0.4 is 4.74 Å². The average molecular weight is 228 g/mol. The van der Waals surface area contributed by atoms with Gasteiger partial charge in [-0.2, -0.15) is 0 Å². The summed E-state index contributed by atoms with van der Waals surface area (Å²) in [6.07, 6.45) is 2.30. The molecule has 0 aliphatic rings. The van der Waals surface area contributed by atoms with E-state index in [9.17, 15) is 4.79 Å². The van der Waals surface area contributed by atoms with Crippen LogP contribution in [0.1, 0.15) is 16.2 Å². The maximum absolute atomic E-state index is 10.9. The van der Waals surface area contributed by atoms with Crippen molar-refractivity contribution in [2.24, 2.45) is 0 Å². The number of aldehydes is 1. The summed E-state index contributed by atoms with van der Waals surface area (Å²) in [5.41, 5.74) is 2.01. The van der Waals surface area contributed by atoms with E-state index in [-0.39, 0.29) is 0 Å². The smallest absolute Gasteiger partial charge is 0.153 e. The van der Waals surface area contributed by atoms with Gasteiger partial charge in [-0.1, -0.05) is 0 Å². The summed E-state index contributed by atoms with van der Waals surface area (Å²) in [4.78, 5) is 19.2. The molecule has 17 heavy (non-hydrogen) atoms. The first kappa shape index (κ1) is 11.3. The maximum Gasteiger partial charge on any atom is 0.153 e. The summed E-state index contributed by atoms with van der Waals surface area (Å²) < 4.78 is 5.08. The van der Waals surface area contributed by atoms with Crippen molar-refractivity contribution in [3.8, 4) is 17.0 Å². The number of methoxy groups -OCH3 is 1. The lowest BCUT2D eigenvalue weighted by Gasteiger charge is -2.05. The molecule has 1 aromatic carbocycles. The summed E-state index contributed by atoms with van der Waals surface area (Å²) in [6, 6.07) is 7.41. The average Bonchev–Trinajstić information content (AvgIpc) is 2.39. The molecule has 1 aromatic heterocycles. The van der Waals surface area contributed by atoms with Crippen molar-refractivity contribution in [2.45, 2.75) is 6.92 Å². The highest BCUT2D eigenvalue weighted by molar-refractivity contribution is 5.85. The van der Waals surface area contributed by atoms with Gasteiger partial charge in [0.15, 0.2) is 6.29 Å². The molecule has 0 spiro atoms. The fraction of sp³-hybridized carbons (Fsp3) is 0.154. The van der Waals surface area contributed by atoms with Crippen LogP contribution in [0.2, 0.25) is 0 Å². The Labute approximate surface area is 99.3 Å². The number of ether oxygens (including phenoxy) is 1. The van der Waals surface area contributed by atoms with E-state index in [1.54, 1.807) is 14.0 Å². The molecule has 0 saturated heterocycles. The van der Waals surface area contributed by atoms with Crippen LogP contribution in [0.25, 0.3) is 11.3 Å². The number of nitrogens with zero attached hydrogens (tertiary/aromatic N) is 2. The van der Waals surface area contributed by atoms with Gasteiger partial charge in [0.05, 0.1) is 18.4 Å². The van der Waals surface area contributed by atoms with Crippen LogP contribution in [0.4, 0.5) is 0 Å². The minimum absolute atomic E-state index is 0.487. The molecule has 0 radical (unpaired) electrons. The van der Waals surface area contributed by atoms with Gasteiger partial charge >= 0.3 is 0 Å². The Morgan fingerprint density at radius 2 is 1.94 bits per heavy atom. The third kappa shape index (κ3) is 2.30. The Balaban J connectivity index is 2.50. The number of carbonyl (C=O) groups is 1. The van der Waals surface area contributed by atoms with Gasteiger partial charge in [0, 0.05) is 11.8 Å². The number of hydrogen-bond donors (Lipinski definition) is 0. The minimum atomic E-state index is 0.487. The second-order valence-corrected chi connectivity index (χ2v) is 3.57. The second kappa shape index (κ2) is 4.74. The van der Waals surface area contributed by atoms with E-state index in [1.807, 2.05) is 24.3 Å². The van der Waals surface area contributed by atoms with Gasteiger partial charge in [0.2, 0.25) is 0 Å². The fourth-order valence-corrected chi connectivity index (χ4v) is 1.55. The molecular weight excluding hydrogens is 216 g/mol. The molecule has 4 heteroatoms. The Kier molecular flexibility index (Phi) is 3.14. The number of aromatic nitrogens is 2. The van der Waals surface area contributed by atoms with Crippen molar-refractivity contribution in [3.63, 3.8) is 0 Å². The normalized spacial score (nSPS) is 10.0. The molecular formula is C13H12N2O2. The van der Waals surface area contributed by atoms with E-state index in [1.165, 1.54) is 6.20 Å². The highest BCUT2D eigenvalue weighted by Gasteiger charge is 2.07. The molecule has 0 fully saturated rings. The molecule has 0 bridgehead atoms.